The highest BCUT2D eigenvalue weighted by Crippen LogP contribution is 2.20. The van der Waals surface area contributed by atoms with E-state index in [9.17, 15) is 18.5 Å². The summed E-state index contributed by atoms with van der Waals surface area (Å²) in [4.78, 5) is 34.7. The van der Waals surface area contributed by atoms with Crippen molar-refractivity contribution in [2.45, 2.75) is 58.4 Å². The van der Waals surface area contributed by atoms with Crippen molar-refractivity contribution in [3.63, 3.8) is 0 Å². The number of anilines is 2. The molecule has 41 heavy (non-hydrogen) atoms. The van der Waals surface area contributed by atoms with E-state index in [0.29, 0.717) is 25.2 Å². The van der Waals surface area contributed by atoms with E-state index >= 15 is 0 Å². The average Bonchev–Trinajstić information content (AvgIpc) is 2.94. The molecular formula is C30H39F2N6O3+. The Hall–Kier alpha value is -3.86. The lowest BCUT2D eigenvalue weighted by Crippen LogP contribution is -2.38. The van der Waals surface area contributed by atoms with Crippen molar-refractivity contribution in [3.8, 4) is 5.75 Å². The summed E-state index contributed by atoms with van der Waals surface area (Å²) in [6, 6.07) is 6.82. The zero-order chi connectivity index (χ0) is 29.2. The Morgan fingerprint density at radius 2 is 1.95 bits per heavy atom. The summed E-state index contributed by atoms with van der Waals surface area (Å²) < 4.78 is 33.5. The minimum atomic E-state index is -0.692. The van der Waals surface area contributed by atoms with Crippen LogP contribution in [0, 0.1) is 23.5 Å². The number of benzene rings is 1. The third-order valence-corrected chi connectivity index (χ3v) is 7.22. The lowest BCUT2D eigenvalue weighted by Gasteiger charge is -2.24. The largest absolute Gasteiger partial charge is 0.492 e. The predicted octanol–water partition coefficient (Wildman–Crippen LogP) is 4.43. The van der Waals surface area contributed by atoms with E-state index in [1.807, 2.05) is 0 Å². The fraction of sp³-hybridized carbons (Fsp3) is 0.467. The van der Waals surface area contributed by atoms with Crippen molar-refractivity contribution in [3.05, 3.63) is 76.2 Å². The molecule has 0 bridgehead atoms. The van der Waals surface area contributed by atoms with Crippen LogP contribution in [0.4, 0.5) is 20.4 Å². The molecule has 0 fully saturated rings. The highest BCUT2D eigenvalue weighted by molar-refractivity contribution is 5.83. The molecule has 0 amide bonds. The molecule has 1 atom stereocenters. The molecule has 0 spiro atoms. The van der Waals surface area contributed by atoms with Gasteiger partial charge in [-0.25, -0.2) is 13.8 Å². The monoisotopic (exact) mass is 569 g/mol. The number of halogens is 2. The number of ether oxygens (including phenoxy) is 1. The number of pyridine rings is 1. The summed E-state index contributed by atoms with van der Waals surface area (Å²) in [5.41, 5.74) is 2.81. The van der Waals surface area contributed by atoms with E-state index in [2.05, 4.69) is 32.7 Å². The van der Waals surface area contributed by atoms with Gasteiger partial charge in [0.25, 0.3) is 0 Å². The topological polar surface area (TPSA) is 105 Å². The van der Waals surface area contributed by atoms with Crippen LogP contribution in [0.2, 0.25) is 0 Å². The van der Waals surface area contributed by atoms with Crippen molar-refractivity contribution in [1.29, 1.82) is 0 Å². The molecule has 4 rings (SSSR count). The first-order valence-electron chi connectivity index (χ1n) is 14.2. The summed E-state index contributed by atoms with van der Waals surface area (Å²) in [5.74, 6) is -0.0575. The number of aromatic amines is 1. The van der Waals surface area contributed by atoms with Crippen molar-refractivity contribution in [1.82, 2.24) is 14.9 Å². The highest BCUT2D eigenvalue weighted by atomic mass is 19.1. The fourth-order valence-corrected chi connectivity index (χ4v) is 4.91. The zero-order valence-electron chi connectivity index (χ0n) is 23.7. The van der Waals surface area contributed by atoms with Crippen LogP contribution in [0.5, 0.6) is 5.75 Å². The maximum atomic E-state index is 13.6. The number of Topliss-reactive ketones (excluding diaryl/α,β-unsaturated/α-hetero) is 1. The molecule has 11 heteroatoms. The van der Waals surface area contributed by atoms with Crippen LogP contribution < -0.4 is 19.8 Å². The van der Waals surface area contributed by atoms with Gasteiger partial charge in [0.1, 0.15) is 29.8 Å². The van der Waals surface area contributed by atoms with E-state index in [1.54, 1.807) is 13.1 Å². The third kappa shape index (κ3) is 9.07. The Labute approximate surface area is 238 Å². The second-order valence-corrected chi connectivity index (χ2v) is 10.5. The maximum Gasteiger partial charge on any atom is 0.336 e. The van der Waals surface area contributed by atoms with Gasteiger partial charge in [-0.15, -0.1) is 0 Å². The minimum Gasteiger partial charge on any atom is -0.492 e. The molecule has 3 N–H and O–H groups in total. The van der Waals surface area contributed by atoms with Crippen molar-refractivity contribution in [2.75, 3.05) is 43.4 Å². The first-order valence-corrected chi connectivity index (χ1v) is 14.2. The van der Waals surface area contributed by atoms with Gasteiger partial charge in [0.2, 0.25) is 0 Å². The molecule has 3 heterocycles. The summed E-state index contributed by atoms with van der Waals surface area (Å²) in [6.45, 7) is 6.17. The number of H-pyrrole nitrogens is 1. The van der Waals surface area contributed by atoms with E-state index in [-0.39, 0.29) is 24.0 Å². The Balaban J connectivity index is 1.34. The summed E-state index contributed by atoms with van der Waals surface area (Å²) in [7, 11) is 0. The molecule has 3 aromatic rings. The standard InChI is InChI=1S/C30H39F2N6O3/c1-21-19-33-20-29(38(21)40)36-28(22(2)39)10-13-37(14-15-41-27-17-24(31)16-25(32)18-27)12-4-3-7-26-9-8-23-6-5-11-34-30(23)35-26/h8-9,16-20,28,36H,3-7,10-15H2,1-2H3,(H,33,40)(H,34,35)/q+1/t28-/m0/s1. The van der Waals surface area contributed by atoms with Crippen molar-refractivity contribution >= 4 is 17.4 Å². The molecule has 1 aromatic carbocycles. The van der Waals surface area contributed by atoms with Crippen LogP contribution in [-0.4, -0.2) is 59.5 Å². The van der Waals surface area contributed by atoms with Gasteiger partial charge in [-0.2, -0.15) is 0 Å². The number of carbonyl (C=O) groups is 1. The molecule has 220 valence electrons. The van der Waals surface area contributed by atoms with Crippen LogP contribution >= 0.6 is 0 Å². The van der Waals surface area contributed by atoms with Gasteiger partial charge < -0.3 is 15.0 Å². The predicted molar refractivity (Wildman–Crippen MR) is 154 cm³/mol. The van der Waals surface area contributed by atoms with Gasteiger partial charge in [-0.3, -0.25) is 15.0 Å². The first kappa shape index (κ1) is 30.1. The molecule has 0 aliphatic carbocycles. The number of nitrogens with one attached hydrogen (secondary N) is 3. The summed E-state index contributed by atoms with van der Waals surface area (Å²) >= 11 is 0. The van der Waals surface area contributed by atoms with E-state index in [0.717, 1.165) is 79.3 Å². The zero-order valence-corrected chi connectivity index (χ0v) is 23.7. The number of nitrogens with zero attached hydrogens (tertiary/aromatic N) is 3. The number of ketones is 1. The number of rotatable bonds is 15. The van der Waals surface area contributed by atoms with Gasteiger partial charge in [0, 0.05) is 67.5 Å². The molecule has 2 aromatic heterocycles. The van der Waals surface area contributed by atoms with Crippen molar-refractivity contribution < 1.29 is 22.7 Å². The molecule has 0 saturated carbocycles. The molecule has 0 unspecified atom stereocenters. The van der Waals surface area contributed by atoms with Gasteiger partial charge in [0.05, 0.1) is 6.20 Å². The summed E-state index contributed by atoms with van der Waals surface area (Å²) in [5, 5.41) is 6.44. The molecular weight excluding hydrogens is 530 g/mol. The lowest BCUT2D eigenvalue weighted by atomic mass is 10.1. The molecule has 9 nitrogen and oxygen atoms in total. The molecule has 0 radical (unpaired) electrons. The Morgan fingerprint density at radius 1 is 1.15 bits per heavy atom. The van der Waals surface area contributed by atoms with Gasteiger partial charge in [0.15, 0.2) is 17.5 Å². The second kappa shape index (κ2) is 14.7. The molecule has 1 aliphatic heterocycles. The number of fused-ring (bicyclic) bond motifs is 1. The number of aromatic nitrogens is 3. The smallest absolute Gasteiger partial charge is 0.336 e. The van der Waals surface area contributed by atoms with Gasteiger partial charge >= 0.3 is 5.82 Å². The highest BCUT2D eigenvalue weighted by Gasteiger charge is 2.23. The number of hydrogen-bond acceptors (Lipinski definition) is 7. The molecule has 1 aliphatic rings. The van der Waals surface area contributed by atoms with E-state index < -0.39 is 17.7 Å². The van der Waals surface area contributed by atoms with Gasteiger partial charge in [-0.05, 0) is 57.2 Å². The lowest BCUT2D eigenvalue weighted by molar-refractivity contribution is -0.487. The van der Waals surface area contributed by atoms with Crippen LogP contribution in [0.15, 0.2) is 42.7 Å². The van der Waals surface area contributed by atoms with Crippen molar-refractivity contribution in [2.24, 2.45) is 0 Å². The van der Waals surface area contributed by atoms with Crippen LogP contribution in [0.25, 0.3) is 0 Å². The van der Waals surface area contributed by atoms with Crippen LogP contribution in [-0.2, 0) is 17.6 Å². The van der Waals surface area contributed by atoms with Crippen LogP contribution in [0.1, 0.15) is 49.6 Å². The minimum absolute atomic E-state index is 0.0787. The molecule has 0 saturated heterocycles. The first-order chi connectivity index (χ1) is 19.8. The number of unbranched alkanes of at least 4 members (excludes halogenated alkanes) is 1. The van der Waals surface area contributed by atoms with Crippen LogP contribution in [0.3, 0.4) is 0 Å². The Bertz CT molecular complexity index is 1360. The van der Waals surface area contributed by atoms with E-state index in [1.165, 1.54) is 18.7 Å². The average molecular weight is 570 g/mol. The fourth-order valence-electron chi connectivity index (χ4n) is 4.91. The number of aryl methyl sites for hydroxylation is 3. The summed E-state index contributed by atoms with van der Waals surface area (Å²) in [6.07, 6.45) is 8.45. The quantitative estimate of drug-likeness (QED) is 0.184. The normalized spacial score (nSPS) is 13.4. The second-order valence-electron chi connectivity index (χ2n) is 10.5. The third-order valence-electron chi connectivity index (χ3n) is 7.22. The number of carbonyl (C=O) groups excluding carboxylic acids is 1. The Kier molecular flexibility index (Phi) is 10.8. The number of hydrogen-bond donors (Lipinski definition) is 3. The Morgan fingerprint density at radius 3 is 2.73 bits per heavy atom. The van der Waals surface area contributed by atoms with E-state index in [4.69, 9.17) is 9.72 Å². The maximum absolute atomic E-state index is 13.6. The van der Waals surface area contributed by atoms with Gasteiger partial charge in [-0.1, -0.05) is 11.0 Å². The SMILES string of the molecule is CC(=O)[C@H](CCN(CCCCc1ccc2c(n1)NCCC2)CCOc1cc(F)cc(F)c1)Nc1c[nH]cc(C)[n+]1=O.